The number of aryl methyl sites for hydroxylation is 1. The van der Waals surface area contributed by atoms with Crippen LogP contribution in [0.1, 0.15) is 12.8 Å². The van der Waals surface area contributed by atoms with Crippen molar-refractivity contribution >= 4 is 11.6 Å². The average Bonchev–Trinajstić information content (AvgIpc) is 3.08. The van der Waals surface area contributed by atoms with Gasteiger partial charge in [0.25, 0.3) is 0 Å². The van der Waals surface area contributed by atoms with Gasteiger partial charge < -0.3 is 15.1 Å². The van der Waals surface area contributed by atoms with E-state index in [-0.39, 0.29) is 11.8 Å². The van der Waals surface area contributed by atoms with E-state index in [4.69, 9.17) is 4.42 Å². The Hall–Kier alpha value is -2.14. The third kappa shape index (κ3) is 2.97. The van der Waals surface area contributed by atoms with Gasteiger partial charge in [-0.25, -0.2) is 4.98 Å². The van der Waals surface area contributed by atoms with Crippen LogP contribution in [0.25, 0.3) is 11.3 Å². The molecule has 1 aromatic carbocycles. The summed E-state index contributed by atoms with van der Waals surface area (Å²) in [6.07, 6.45) is 1.63. The van der Waals surface area contributed by atoms with Crippen molar-refractivity contribution in [1.82, 2.24) is 10.3 Å². The molecule has 3 rings (SSSR count). The molecule has 2 aromatic rings. The topological polar surface area (TPSA) is 67.2 Å². The quantitative estimate of drug-likeness (QED) is 0.909. The molecule has 110 valence electrons. The average molecular weight is 285 g/mol. The first-order chi connectivity index (χ1) is 10.1. The molecule has 0 aliphatic carbocycles. The van der Waals surface area contributed by atoms with Gasteiger partial charge in [0.15, 0.2) is 5.89 Å². The number of oxazole rings is 1. The molecule has 0 spiro atoms. The van der Waals surface area contributed by atoms with Crippen molar-refractivity contribution in [3.05, 3.63) is 36.4 Å². The molecular formula is C16H19N3O2. The molecule has 1 aromatic heterocycles. The minimum absolute atomic E-state index is 0.0443. The van der Waals surface area contributed by atoms with Gasteiger partial charge in [-0.1, -0.05) is 19.1 Å². The van der Waals surface area contributed by atoms with E-state index in [9.17, 15) is 4.79 Å². The molecule has 1 saturated heterocycles. The number of carbonyl (C=O) groups is 1. The van der Waals surface area contributed by atoms with Crippen LogP contribution in [0.5, 0.6) is 0 Å². The molecule has 21 heavy (non-hydrogen) atoms. The number of aromatic nitrogens is 1. The van der Waals surface area contributed by atoms with Gasteiger partial charge in [0.05, 0.1) is 5.92 Å². The fourth-order valence-electron chi connectivity index (χ4n) is 2.62. The monoisotopic (exact) mass is 285 g/mol. The van der Waals surface area contributed by atoms with Gasteiger partial charge in [-0.2, -0.15) is 0 Å². The van der Waals surface area contributed by atoms with E-state index in [0.29, 0.717) is 11.8 Å². The van der Waals surface area contributed by atoms with Crippen LogP contribution in [0.4, 0.5) is 5.69 Å². The number of anilines is 1. The van der Waals surface area contributed by atoms with Crippen molar-refractivity contribution in [2.24, 2.45) is 11.8 Å². The van der Waals surface area contributed by atoms with Crippen LogP contribution in [0.15, 0.2) is 34.9 Å². The summed E-state index contributed by atoms with van der Waals surface area (Å²) < 4.78 is 5.21. The van der Waals surface area contributed by atoms with Crippen LogP contribution >= 0.6 is 0 Å². The number of amides is 1. The summed E-state index contributed by atoms with van der Waals surface area (Å²) in [5.74, 6) is 1.15. The Kier molecular flexibility index (Phi) is 3.75. The maximum atomic E-state index is 12.2. The maximum absolute atomic E-state index is 12.2. The molecule has 2 N–H and O–H groups in total. The van der Waals surface area contributed by atoms with Crippen molar-refractivity contribution in [3.8, 4) is 11.3 Å². The van der Waals surface area contributed by atoms with Gasteiger partial charge in [-0.15, -0.1) is 0 Å². The summed E-state index contributed by atoms with van der Waals surface area (Å²) >= 11 is 0. The van der Waals surface area contributed by atoms with Crippen LogP contribution in [-0.4, -0.2) is 24.0 Å². The molecule has 2 heterocycles. The molecule has 5 heteroatoms. The summed E-state index contributed by atoms with van der Waals surface area (Å²) in [5, 5.41) is 6.22. The Morgan fingerprint density at radius 3 is 2.67 bits per heavy atom. The summed E-state index contributed by atoms with van der Waals surface area (Å²) in [6.45, 7) is 5.57. The zero-order valence-electron chi connectivity index (χ0n) is 12.2. The molecule has 0 bridgehead atoms. The number of hydrogen-bond donors (Lipinski definition) is 2. The third-order valence-electron chi connectivity index (χ3n) is 3.92. The maximum Gasteiger partial charge on any atom is 0.229 e. The summed E-state index contributed by atoms with van der Waals surface area (Å²) in [6, 6.07) is 7.65. The molecule has 0 unspecified atom stereocenters. The van der Waals surface area contributed by atoms with Crippen LogP contribution in [0.2, 0.25) is 0 Å². The predicted molar refractivity (Wildman–Crippen MR) is 80.8 cm³/mol. The van der Waals surface area contributed by atoms with Gasteiger partial charge in [-0.05, 0) is 24.6 Å². The number of rotatable bonds is 3. The van der Waals surface area contributed by atoms with Gasteiger partial charge >= 0.3 is 0 Å². The first-order valence-corrected chi connectivity index (χ1v) is 7.17. The molecule has 0 saturated carbocycles. The van der Waals surface area contributed by atoms with Crippen molar-refractivity contribution in [3.63, 3.8) is 0 Å². The number of hydrogen-bond acceptors (Lipinski definition) is 4. The van der Waals surface area contributed by atoms with E-state index in [1.165, 1.54) is 0 Å². The largest absolute Gasteiger partial charge is 0.449 e. The van der Waals surface area contributed by atoms with E-state index in [2.05, 4.69) is 22.5 Å². The van der Waals surface area contributed by atoms with Gasteiger partial charge in [0, 0.05) is 24.7 Å². The Morgan fingerprint density at radius 2 is 2.10 bits per heavy atom. The number of nitrogens with one attached hydrogen (secondary N) is 2. The second-order valence-electron chi connectivity index (χ2n) is 5.56. The summed E-state index contributed by atoms with van der Waals surface area (Å²) in [7, 11) is 0. The molecular weight excluding hydrogens is 266 g/mol. The van der Waals surface area contributed by atoms with E-state index in [1.807, 2.05) is 31.2 Å². The van der Waals surface area contributed by atoms with Crippen LogP contribution in [0, 0.1) is 18.8 Å². The Balaban J connectivity index is 1.68. The number of benzene rings is 1. The van der Waals surface area contributed by atoms with E-state index in [0.717, 1.165) is 30.0 Å². The lowest BCUT2D eigenvalue weighted by atomic mass is 9.97. The third-order valence-corrected chi connectivity index (χ3v) is 3.92. The first-order valence-electron chi connectivity index (χ1n) is 7.17. The van der Waals surface area contributed by atoms with Gasteiger partial charge in [0.1, 0.15) is 12.0 Å². The van der Waals surface area contributed by atoms with Crippen molar-refractivity contribution in [2.75, 3.05) is 18.4 Å². The normalized spacial score (nSPS) is 21.4. The Bertz CT molecular complexity index is 633. The van der Waals surface area contributed by atoms with E-state index in [1.54, 1.807) is 6.26 Å². The fourth-order valence-corrected chi connectivity index (χ4v) is 2.62. The summed E-state index contributed by atoms with van der Waals surface area (Å²) in [5.41, 5.74) is 2.59. The highest BCUT2D eigenvalue weighted by molar-refractivity contribution is 5.93. The SMILES string of the molecule is Cc1nc(-c2ccc(NC(=O)[C@@H]3CNC[C@H]3C)cc2)co1. The van der Waals surface area contributed by atoms with Crippen LogP contribution < -0.4 is 10.6 Å². The number of carbonyl (C=O) groups excluding carboxylic acids is 1. The molecule has 5 nitrogen and oxygen atoms in total. The first kappa shape index (κ1) is 13.8. The predicted octanol–water partition coefficient (Wildman–Crippen LogP) is 2.44. The molecule has 1 amide bonds. The molecule has 1 aliphatic heterocycles. The van der Waals surface area contributed by atoms with Gasteiger partial charge in [0.2, 0.25) is 5.91 Å². The molecule has 2 atom stereocenters. The molecule has 1 aliphatic rings. The highest BCUT2D eigenvalue weighted by Gasteiger charge is 2.29. The summed E-state index contributed by atoms with van der Waals surface area (Å²) in [4.78, 5) is 16.5. The van der Waals surface area contributed by atoms with Crippen molar-refractivity contribution < 1.29 is 9.21 Å². The molecule has 1 fully saturated rings. The van der Waals surface area contributed by atoms with Crippen molar-refractivity contribution in [1.29, 1.82) is 0 Å². The van der Waals surface area contributed by atoms with Crippen molar-refractivity contribution in [2.45, 2.75) is 13.8 Å². The lowest BCUT2D eigenvalue weighted by Gasteiger charge is -2.14. The zero-order chi connectivity index (χ0) is 14.8. The van der Waals surface area contributed by atoms with E-state index < -0.39 is 0 Å². The lowest BCUT2D eigenvalue weighted by Crippen LogP contribution is -2.27. The van der Waals surface area contributed by atoms with Crippen LogP contribution in [0.3, 0.4) is 0 Å². The van der Waals surface area contributed by atoms with E-state index >= 15 is 0 Å². The zero-order valence-corrected chi connectivity index (χ0v) is 12.2. The lowest BCUT2D eigenvalue weighted by molar-refractivity contribution is -0.120. The standard InChI is InChI=1S/C16H19N3O2/c1-10-7-17-8-14(10)16(20)19-13-5-3-12(4-6-13)15-9-21-11(2)18-15/h3-6,9-10,14,17H,7-8H2,1-2H3,(H,19,20)/t10-,14-/m1/s1. The highest BCUT2D eigenvalue weighted by Crippen LogP contribution is 2.22. The minimum Gasteiger partial charge on any atom is -0.449 e. The smallest absolute Gasteiger partial charge is 0.229 e. The number of nitrogens with zero attached hydrogens (tertiary/aromatic N) is 1. The minimum atomic E-state index is 0.0443. The Morgan fingerprint density at radius 1 is 1.33 bits per heavy atom. The second kappa shape index (κ2) is 5.69. The highest BCUT2D eigenvalue weighted by atomic mass is 16.3. The van der Waals surface area contributed by atoms with Gasteiger partial charge in [-0.3, -0.25) is 4.79 Å². The Labute approximate surface area is 123 Å². The fraction of sp³-hybridized carbons (Fsp3) is 0.375. The van der Waals surface area contributed by atoms with Crippen LogP contribution in [-0.2, 0) is 4.79 Å². The second-order valence-corrected chi connectivity index (χ2v) is 5.56. The molecule has 0 radical (unpaired) electrons.